The molecule has 0 bridgehead atoms. The Morgan fingerprint density at radius 3 is 2.70 bits per heavy atom. The standard InChI is InChI=1S/C20H24N2O4S/c1-2-13-27(24,25)22-12-6-9-17-14-18(10-11-19(17)22)21-20(23)26-15-16-7-4-3-5-8-16/h3-5,7-8,10-11,14H,2,6,9,12-13,15H2,1H3,(H,21,23). The molecule has 1 N–H and O–H groups in total. The molecule has 3 rings (SSSR count). The fraction of sp³-hybridized carbons (Fsp3) is 0.350. The number of nitrogens with zero attached hydrogens (tertiary/aromatic N) is 1. The minimum atomic E-state index is -3.30. The third-order valence-electron chi connectivity index (χ3n) is 4.41. The maximum Gasteiger partial charge on any atom is 0.411 e. The Hall–Kier alpha value is -2.54. The summed E-state index contributed by atoms with van der Waals surface area (Å²) in [7, 11) is -3.30. The summed E-state index contributed by atoms with van der Waals surface area (Å²) in [5, 5.41) is 2.71. The number of benzene rings is 2. The first-order valence-electron chi connectivity index (χ1n) is 9.10. The average molecular weight is 388 g/mol. The first-order chi connectivity index (χ1) is 13.0. The summed E-state index contributed by atoms with van der Waals surface area (Å²) in [5.74, 6) is 0.137. The van der Waals surface area contributed by atoms with Crippen molar-refractivity contribution in [1.82, 2.24) is 0 Å². The van der Waals surface area contributed by atoms with Crippen LogP contribution in [0.1, 0.15) is 30.9 Å². The van der Waals surface area contributed by atoms with Crippen LogP contribution >= 0.6 is 0 Å². The summed E-state index contributed by atoms with van der Waals surface area (Å²) in [6, 6.07) is 14.7. The third kappa shape index (κ3) is 4.80. The molecule has 0 saturated carbocycles. The number of sulfonamides is 1. The maximum atomic E-state index is 12.5. The largest absolute Gasteiger partial charge is 0.444 e. The lowest BCUT2D eigenvalue weighted by Crippen LogP contribution is -2.37. The summed E-state index contributed by atoms with van der Waals surface area (Å²) in [6.07, 6.45) is 1.59. The van der Waals surface area contributed by atoms with Crippen LogP contribution in [-0.2, 0) is 27.8 Å². The van der Waals surface area contributed by atoms with Crippen LogP contribution in [0.3, 0.4) is 0 Å². The van der Waals surface area contributed by atoms with Gasteiger partial charge in [0.05, 0.1) is 11.4 Å². The Balaban J connectivity index is 1.68. The van der Waals surface area contributed by atoms with E-state index in [1.807, 2.05) is 43.3 Å². The van der Waals surface area contributed by atoms with Crippen molar-refractivity contribution in [3.63, 3.8) is 0 Å². The Kier molecular flexibility index (Phi) is 6.01. The fourth-order valence-electron chi connectivity index (χ4n) is 3.17. The van der Waals surface area contributed by atoms with Gasteiger partial charge >= 0.3 is 6.09 Å². The van der Waals surface area contributed by atoms with Crippen molar-refractivity contribution < 1.29 is 17.9 Å². The van der Waals surface area contributed by atoms with Crippen molar-refractivity contribution in [3.05, 3.63) is 59.7 Å². The van der Waals surface area contributed by atoms with Gasteiger partial charge in [-0.3, -0.25) is 9.62 Å². The summed E-state index contributed by atoms with van der Waals surface area (Å²) in [4.78, 5) is 12.0. The Morgan fingerprint density at radius 2 is 1.96 bits per heavy atom. The number of carbonyl (C=O) groups is 1. The Bertz CT molecular complexity index is 897. The molecule has 2 aromatic rings. The predicted molar refractivity (Wildman–Crippen MR) is 106 cm³/mol. The molecule has 1 heterocycles. The predicted octanol–water partition coefficient (Wildman–Crippen LogP) is 3.93. The quantitative estimate of drug-likeness (QED) is 0.814. The number of ether oxygens (including phenoxy) is 1. The van der Waals surface area contributed by atoms with Crippen LogP contribution in [0.15, 0.2) is 48.5 Å². The second kappa shape index (κ2) is 8.43. The molecule has 0 aromatic heterocycles. The number of nitrogens with one attached hydrogen (secondary N) is 1. The number of rotatable bonds is 6. The lowest BCUT2D eigenvalue weighted by Gasteiger charge is -2.30. The molecule has 0 atom stereocenters. The zero-order valence-electron chi connectivity index (χ0n) is 15.3. The highest BCUT2D eigenvalue weighted by Gasteiger charge is 2.26. The van der Waals surface area contributed by atoms with E-state index in [1.165, 1.54) is 4.31 Å². The molecule has 1 aliphatic rings. The highest BCUT2D eigenvalue weighted by molar-refractivity contribution is 7.92. The normalized spacial score (nSPS) is 13.7. The van der Waals surface area contributed by atoms with E-state index >= 15 is 0 Å². The smallest absolute Gasteiger partial charge is 0.411 e. The summed E-state index contributed by atoms with van der Waals surface area (Å²) in [6.45, 7) is 2.55. The van der Waals surface area contributed by atoms with E-state index in [0.29, 0.717) is 24.3 Å². The van der Waals surface area contributed by atoms with Gasteiger partial charge in [0.15, 0.2) is 0 Å². The van der Waals surface area contributed by atoms with Crippen LogP contribution in [0, 0.1) is 0 Å². The van der Waals surface area contributed by atoms with Gasteiger partial charge in [-0.1, -0.05) is 37.3 Å². The van der Waals surface area contributed by atoms with E-state index in [4.69, 9.17) is 4.74 Å². The molecule has 27 heavy (non-hydrogen) atoms. The molecule has 1 aliphatic heterocycles. The fourth-order valence-corrected chi connectivity index (χ4v) is 4.80. The van der Waals surface area contributed by atoms with E-state index in [-0.39, 0.29) is 12.4 Å². The lowest BCUT2D eigenvalue weighted by atomic mass is 10.0. The zero-order valence-corrected chi connectivity index (χ0v) is 16.2. The second-order valence-electron chi connectivity index (χ2n) is 6.52. The SMILES string of the molecule is CCCS(=O)(=O)N1CCCc2cc(NC(=O)OCc3ccccc3)ccc21. The number of carbonyl (C=O) groups excluding carboxylic acids is 1. The van der Waals surface area contributed by atoms with Gasteiger partial charge in [-0.2, -0.15) is 0 Å². The molecule has 144 valence electrons. The Morgan fingerprint density at radius 1 is 1.19 bits per heavy atom. The summed E-state index contributed by atoms with van der Waals surface area (Å²) < 4.78 is 31.7. The molecule has 7 heteroatoms. The molecule has 0 spiro atoms. The van der Waals surface area contributed by atoms with Crippen molar-refractivity contribution in [3.8, 4) is 0 Å². The molecule has 1 amide bonds. The molecule has 6 nitrogen and oxygen atoms in total. The van der Waals surface area contributed by atoms with Gasteiger partial charge in [0.2, 0.25) is 10.0 Å². The topological polar surface area (TPSA) is 75.7 Å². The molecule has 0 unspecified atom stereocenters. The molecular weight excluding hydrogens is 364 g/mol. The van der Waals surface area contributed by atoms with Crippen molar-refractivity contribution >= 4 is 27.5 Å². The summed E-state index contributed by atoms with van der Waals surface area (Å²) >= 11 is 0. The van der Waals surface area contributed by atoms with Gasteiger partial charge in [0.1, 0.15) is 6.61 Å². The van der Waals surface area contributed by atoms with Gasteiger partial charge in [-0.15, -0.1) is 0 Å². The first kappa shape index (κ1) is 19.2. The van der Waals surface area contributed by atoms with Gasteiger partial charge in [0.25, 0.3) is 0 Å². The monoisotopic (exact) mass is 388 g/mol. The van der Waals surface area contributed by atoms with Crippen molar-refractivity contribution in [2.75, 3.05) is 21.9 Å². The molecule has 2 aromatic carbocycles. The minimum absolute atomic E-state index is 0.137. The van der Waals surface area contributed by atoms with E-state index < -0.39 is 16.1 Å². The van der Waals surface area contributed by atoms with Crippen LogP contribution < -0.4 is 9.62 Å². The van der Waals surface area contributed by atoms with E-state index in [1.54, 1.807) is 12.1 Å². The van der Waals surface area contributed by atoms with Gasteiger partial charge in [-0.05, 0) is 48.6 Å². The highest BCUT2D eigenvalue weighted by atomic mass is 32.2. The van der Waals surface area contributed by atoms with Crippen LogP contribution in [-0.4, -0.2) is 26.8 Å². The van der Waals surface area contributed by atoms with Gasteiger partial charge < -0.3 is 4.74 Å². The van der Waals surface area contributed by atoms with Crippen LogP contribution in [0.5, 0.6) is 0 Å². The number of anilines is 2. The van der Waals surface area contributed by atoms with Crippen LogP contribution in [0.25, 0.3) is 0 Å². The highest BCUT2D eigenvalue weighted by Crippen LogP contribution is 2.32. The molecule has 0 saturated heterocycles. The third-order valence-corrected chi connectivity index (χ3v) is 6.39. The van der Waals surface area contributed by atoms with Crippen molar-refractivity contribution in [1.29, 1.82) is 0 Å². The Labute approximate surface area is 160 Å². The van der Waals surface area contributed by atoms with Crippen LogP contribution in [0.4, 0.5) is 16.2 Å². The van der Waals surface area contributed by atoms with Crippen LogP contribution in [0.2, 0.25) is 0 Å². The minimum Gasteiger partial charge on any atom is -0.444 e. The summed E-state index contributed by atoms with van der Waals surface area (Å²) in [5.41, 5.74) is 3.14. The van der Waals surface area contributed by atoms with Gasteiger partial charge in [0, 0.05) is 12.2 Å². The lowest BCUT2D eigenvalue weighted by molar-refractivity contribution is 0.155. The number of fused-ring (bicyclic) bond motifs is 1. The number of amides is 1. The zero-order chi connectivity index (χ0) is 19.3. The van der Waals surface area contributed by atoms with E-state index in [9.17, 15) is 13.2 Å². The number of aryl methyl sites for hydroxylation is 1. The number of hydrogen-bond donors (Lipinski definition) is 1. The number of hydrogen-bond acceptors (Lipinski definition) is 4. The van der Waals surface area contributed by atoms with E-state index in [0.717, 1.165) is 24.0 Å². The average Bonchev–Trinajstić information content (AvgIpc) is 2.66. The second-order valence-corrected chi connectivity index (χ2v) is 8.53. The van der Waals surface area contributed by atoms with Gasteiger partial charge in [-0.25, -0.2) is 13.2 Å². The van der Waals surface area contributed by atoms with Crippen molar-refractivity contribution in [2.24, 2.45) is 0 Å². The van der Waals surface area contributed by atoms with E-state index in [2.05, 4.69) is 5.32 Å². The molecule has 0 aliphatic carbocycles. The molecular formula is C20H24N2O4S. The maximum absolute atomic E-state index is 12.5. The van der Waals surface area contributed by atoms with Crippen molar-refractivity contribution in [2.45, 2.75) is 32.8 Å². The molecule has 0 radical (unpaired) electrons. The first-order valence-corrected chi connectivity index (χ1v) is 10.7. The molecule has 0 fully saturated rings.